The minimum Gasteiger partial charge on any atom is -0.507 e. The fourth-order valence-electron chi connectivity index (χ4n) is 6.04. The van der Waals surface area contributed by atoms with Crippen LogP contribution in [0.3, 0.4) is 0 Å². The molecule has 4 rings (SSSR count). The molecule has 0 heterocycles. The first kappa shape index (κ1) is 24.9. The van der Waals surface area contributed by atoms with E-state index in [2.05, 4.69) is 5.32 Å². The van der Waals surface area contributed by atoms with Gasteiger partial charge in [0.25, 0.3) is 0 Å². The number of nitrogens with one attached hydrogen (secondary N) is 1. The highest BCUT2D eigenvalue weighted by Crippen LogP contribution is 2.51. The van der Waals surface area contributed by atoms with E-state index in [0.717, 1.165) is 0 Å². The normalized spacial score (nSPS) is 33.1. The molecule has 1 aromatic rings. The van der Waals surface area contributed by atoms with Gasteiger partial charge in [-0.25, -0.2) is 4.39 Å². The SMILES string of the molecule is CC(CF)Nc1ccc(O)c2c1CC1CC3C(N(C)C)C(=O)C(C(N)=O)C(=O)C3(O)C(=O)C1C2=O. The number of phenols is 1. The summed E-state index contributed by atoms with van der Waals surface area (Å²) < 4.78 is 13.1. The highest BCUT2D eigenvalue weighted by atomic mass is 19.1. The number of phenolic OH excluding ortho intramolecular Hbond substituents is 1. The number of halogens is 1. The monoisotopic (exact) mass is 489 g/mol. The van der Waals surface area contributed by atoms with Crippen molar-refractivity contribution in [2.75, 3.05) is 26.1 Å². The van der Waals surface area contributed by atoms with Gasteiger partial charge in [-0.1, -0.05) is 0 Å². The van der Waals surface area contributed by atoms with Crippen LogP contribution >= 0.6 is 0 Å². The zero-order valence-corrected chi connectivity index (χ0v) is 19.6. The molecule has 0 aliphatic heterocycles. The Bertz CT molecular complexity index is 1150. The lowest BCUT2D eigenvalue weighted by molar-refractivity contribution is -0.181. The quantitative estimate of drug-likeness (QED) is 0.319. The maximum absolute atomic E-state index is 13.7. The molecule has 11 heteroatoms. The molecular formula is C24H28FN3O7. The van der Waals surface area contributed by atoms with Gasteiger partial charge < -0.3 is 21.3 Å². The number of hydrogen-bond donors (Lipinski definition) is 4. The summed E-state index contributed by atoms with van der Waals surface area (Å²) in [5, 5.41) is 24.9. The van der Waals surface area contributed by atoms with E-state index in [1.165, 1.54) is 31.1 Å². The number of aliphatic hydroxyl groups is 1. The molecule has 1 amide bonds. The van der Waals surface area contributed by atoms with Crippen molar-refractivity contribution < 1.29 is 38.6 Å². The van der Waals surface area contributed by atoms with Crippen molar-refractivity contribution in [2.24, 2.45) is 29.4 Å². The van der Waals surface area contributed by atoms with Crippen molar-refractivity contribution >= 4 is 34.7 Å². The summed E-state index contributed by atoms with van der Waals surface area (Å²) >= 11 is 0. The lowest BCUT2D eigenvalue weighted by atomic mass is 9.52. The second-order valence-corrected chi connectivity index (χ2v) is 9.97. The molecule has 0 bridgehead atoms. The number of likely N-dealkylation sites (N-methyl/N-ethyl adjacent to an activating group) is 1. The molecule has 0 saturated heterocycles. The van der Waals surface area contributed by atoms with Crippen LogP contribution in [0.2, 0.25) is 0 Å². The summed E-state index contributed by atoms with van der Waals surface area (Å²) in [6, 6.07) is 1.03. The molecule has 0 spiro atoms. The first-order valence-electron chi connectivity index (χ1n) is 11.4. The van der Waals surface area contributed by atoms with Crippen LogP contribution < -0.4 is 11.1 Å². The van der Waals surface area contributed by atoms with Gasteiger partial charge in [0.15, 0.2) is 34.7 Å². The number of carbonyl (C=O) groups excluding carboxylic acids is 5. The average Bonchev–Trinajstić information content (AvgIpc) is 2.77. The number of aromatic hydroxyl groups is 1. The highest BCUT2D eigenvalue weighted by molar-refractivity contribution is 6.32. The van der Waals surface area contributed by atoms with Gasteiger partial charge >= 0.3 is 0 Å². The Kier molecular flexibility index (Phi) is 6.05. The van der Waals surface area contributed by atoms with Gasteiger partial charge in [0, 0.05) is 11.6 Å². The molecule has 7 atom stereocenters. The summed E-state index contributed by atoms with van der Waals surface area (Å²) in [4.78, 5) is 66.9. The van der Waals surface area contributed by atoms with Gasteiger partial charge in [-0.3, -0.25) is 28.9 Å². The molecule has 3 aliphatic carbocycles. The van der Waals surface area contributed by atoms with Crippen LogP contribution in [0, 0.1) is 23.7 Å². The lowest BCUT2D eigenvalue weighted by Gasteiger charge is -2.52. The van der Waals surface area contributed by atoms with E-state index >= 15 is 0 Å². The van der Waals surface area contributed by atoms with Crippen molar-refractivity contribution in [3.8, 4) is 5.75 Å². The summed E-state index contributed by atoms with van der Waals surface area (Å²) in [5.74, 6) is -11.0. The summed E-state index contributed by atoms with van der Waals surface area (Å²) in [5.41, 5.74) is 3.23. The zero-order chi connectivity index (χ0) is 26.0. The number of fused-ring (bicyclic) bond motifs is 3. The average molecular weight is 490 g/mol. The van der Waals surface area contributed by atoms with Crippen molar-refractivity contribution in [1.82, 2.24) is 4.90 Å². The van der Waals surface area contributed by atoms with Crippen molar-refractivity contribution in [3.05, 3.63) is 23.3 Å². The second-order valence-electron chi connectivity index (χ2n) is 9.97. The number of primary amides is 1. The third kappa shape index (κ3) is 3.48. The molecule has 188 valence electrons. The first-order valence-corrected chi connectivity index (χ1v) is 11.4. The van der Waals surface area contributed by atoms with Gasteiger partial charge in [0.1, 0.15) is 12.4 Å². The largest absolute Gasteiger partial charge is 0.507 e. The Morgan fingerprint density at radius 2 is 1.91 bits per heavy atom. The first-order chi connectivity index (χ1) is 16.4. The van der Waals surface area contributed by atoms with Gasteiger partial charge in [-0.2, -0.15) is 0 Å². The van der Waals surface area contributed by atoms with Crippen molar-refractivity contribution in [2.45, 2.75) is 37.5 Å². The molecule has 3 aliphatic rings. The van der Waals surface area contributed by atoms with Crippen molar-refractivity contribution in [1.29, 1.82) is 0 Å². The fourth-order valence-corrected chi connectivity index (χ4v) is 6.04. The number of Topliss-reactive ketones (excluding diaryl/α,β-unsaturated/α-hetero) is 4. The minimum atomic E-state index is -2.76. The number of ketones is 4. The fraction of sp³-hybridized carbons (Fsp3) is 0.542. The van der Waals surface area contributed by atoms with E-state index < -0.39 is 77.1 Å². The third-order valence-corrected chi connectivity index (χ3v) is 7.58. The van der Waals surface area contributed by atoms with Gasteiger partial charge in [0.05, 0.1) is 23.6 Å². The molecule has 10 nitrogen and oxygen atoms in total. The molecule has 0 radical (unpaired) electrons. The Hall–Kier alpha value is -3.18. The molecular weight excluding hydrogens is 461 g/mol. The number of amides is 1. The number of hydrogen-bond acceptors (Lipinski definition) is 9. The Labute approximate surface area is 200 Å². The Balaban J connectivity index is 1.85. The zero-order valence-electron chi connectivity index (χ0n) is 19.6. The van der Waals surface area contributed by atoms with Gasteiger partial charge in [-0.05, 0) is 57.5 Å². The standard InChI is InChI=1S/C24H28FN3O7/c1-9(8-25)27-13-4-5-14(29)16-11(13)6-10-7-12-18(28(2)3)20(31)17(23(26)34)22(33)24(12,35)21(32)15(10)19(16)30/h4-5,9-10,12,15,17-18,27,29,35H,6-8H2,1-3H3,(H2,26,34). The van der Waals surface area contributed by atoms with E-state index in [9.17, 15) is 38.6 Å². The molecule has 35 heavy (non-hydrogen) atoms. The topological polar surface area (TPSA) is 167 Å². The number of benzene rings is 1. The smallest absolute Gasteiger partial charge is 0.235 e. The molecule has 1 aromatic carbocycles. The van der Waals surface area contributed by atoms with Gasteiger partial charge in [0.2, 0.25) is 5.91 Å². The highest BCUT2D eigenvalue weighted by Gasteiger charge is 2.69. The van der Waals surface area contributed by atoms with Crippen LogP contribution in [-0.2, 0) is 25.6 Å². The van der Waals surface area contributed by atoms with E-state index in [4.69, 9.17) is 5.73 Å². The van der Waals surface area contributed by atoms with E-state index in [1.807, 2.05) is 0 Å². The van der Waals surface area contributed by atoms with E-state index in [1.54, 1.807) is 6.92 Å². The number of rotatable bonds is 5. The number of anilines is 1. The van der Waals surface area contributed by atoms with E-state index in [0.29, 0.717) is 11.3 Å². The number of alkyl halides is 1. The van der Waals surface area contributed by atoms with Crippen LogP contribution in [0.1, 0.15) is 29.3 Å². The van der Waals surface area contributed by atoms with Gasteiger partial charge in [-0.15, -0.1) is 0 Å². The predicted octanol–water partition coefficient (Wildman–Crippen LogP) is -0.363. The molecule has 5 N–H and O–H groups in total. The third-order valence-electron chi connectivity index (χ3n) is 7.58. The Morgan fingerprint density at radius 3 is 2.49 bits per heavy atom. The summed E-state index contributed by atoms with van der Waals surface area (Å²) in [6.45, 7) is 0.923. The maximum Gasteiger partial charge on any atom is 0.235 e. The minimum absolute atomic E-state index is 0.0440. The molecule has 7 unspecified atom stereocenters. The van der Waals surface area contributed by atoms with Crippen LogP contribution in [0.25, 0.3) is 0 Å². The molecule has 2 saturated carbocycles. The lowest BCUT2D eigenvalue weighted by Crippen LogP contribution is -2.74. The van der Waals surface area contributed by atoms with Crippen LogP contribution in [0.4, 0.5) is 10.1 Å². The van der Waals surface area contributed by atoms with Crippen LogP contribution in [0.5, 0.6) is 5.75 Å². The van der Waals surface area contributed by atoms with Crippen LogP contribution in [-0.4, -0.2) is 82.6 Å². The summed E-state index contributed by atoms with van der Waals surface area (Å²) in [6.07, 6.45) is 0.0687. The molecule has 2 fully saturated rings. The summed E-state index contributed by atoms with van der Waals surface area (Å²) in [7, 11) is 3.04. The number of nitrogens with two attached hydrogens (primary N) is 1. The molecule has 0 aromatic heterocycles. The maximum atomic E-state index is 13.7. The predicted molar refractivity (Wildman–Crippen MR) is 120 cm³/mol. The number of nitrogens with zero attached hydrogens (tertiary/aromatic N) is 1. The van der Waals surface area contributed by atoms with Crippen LogP contribution in [0.15, 0.2) is 12.1 Å². The van der Waals surface area contributed by atoms with E-state index in [-0.39, 0.29) is 24.2 Å². The second kappa shape index (κ2) is 8.49. The van der Waals surface area contributed by atoms with Crippen molar-refractivity contribution in [3.63, 3.8) is 0 Å². The Morgan fingerprint density at radius 1 is 1.26 bits per heavy atom. The number of carbonyl (C=O) groups is 5.